The number of amides is 5. The summed E-state index contributed by atoms with van der Waals surface area (Å²) in [6.07, 6.45) is 0.816. The second kappa shape index (κ2) is 15.2. The van der Waals surface area contributed by atoms with Crippen LogP contribution in [0.2, 0.25) is 0 Å². The van der Waals surface area contributed by atoms with Crippen LogP contribution in [0.25, 0.3) is 0 Å². The third-order valence-corrected chi connectivity index (χ3v) is 9.95. The molecule has 1 aromatic heterocycles. The first-order valence-electron chi connectivity index (χ1n) is 16.8. The lowest BCUT2D eigenvalue weighted by molar-refractivity contribution is -0.114. The number of carbonyl (C=O) groups excluding carboxylic acids is 2. The highest BCUT2D eigenvalue weighted by molar-refractivity contribution is 7.15. The van der Waals surface area contributed by atoms with Crippen LogP contribution in [0.15, 0.2) is 24.3 Å². The number of hydrogen-bond acceptors (Lipinski definition) is 8. The zero-order chi connectivity index (χ0) is 36.1. The van der Waals surface area contributed by atoms with Crippen LogP contribution < -0.4 is 16.0 Å². The molecule has 2 aliphatic rings. The molecule has 1 unspecified atom stereocenters. The maximum atomic E-state index is 12.8. The van der Waals surface area contributed by atoms with Crippen LogP contribution in [0.5, 0.6) is 0 Å². The normalized spacial score (nSPS) is 17.0. The van der Waals surface area contributed by atoms with Gasteiger partial charge in [0.05, 0.1) is 5.69 Å². The van der Waals surface area contributed by atoms with Gasteiger partial charge < -0.3 is 30.6 Å². The van der Waals surface area contributed by atoms with Gasteiger partial charge >= 0.3 is 18.2 Å². The van der Waals surface area contributed by atoms with Crippen molar-refractivity contribution < 1.29 is 29.4 Å². The molecule has 0 aliphatic carbocycles. The molecule has 5 N–H and O–H groups in total. The molecular formula is C34H52N8O6S. The first kappa shape index (κ1) is 37.7. The summed E-state index contributed by atoms with van der Waals surface area (Å²) < 4.78 is 0. The molecule has 3 heterocycles. The molecule has 0 bridgehead atoms. The lowest BCUT2D eigenvalue weighted by Gasteiger charge is -2.55. The number of hydrogen-bond donors (Lipinski definition) is 5. The quantitative estimate of drug-likeness (QED) is 0.204. The minimum Gasteiger partial charge on any atom is -0.465 e. The van der Waals surface area contributed by atoms with Crippen molar-refractivity contribution in [2.45, 2.75) is 92.0 Å². The van der Waals surface area contributed by atoms with E-state index in [0.29, 0.717) is 43.3 Å². The number of thiazole rings is 1. The molecule has 5 amide bonds. The molecule has 14 nitrogen and oxygen atoms in total. The second-order valence-electron chi connectivity index (χ2n) is 14.8. The maximum absolute atomic E-state index is 12.8. The van der Waals surface area contributed by atoms with Gasteiger partial charge in [0.15, 0.2) is 5.13 Å². The number of benzene rings is 1. The van der Waals surface area contributed by atoms with Gasteiger partial charge in [-0.3, -0.25) is 19.9 Å². The van der Waals surface area contributed by atoms with E-state index in [1.165, 1.54) is 18.3 Å². The van der Waals surface area contributed by atoms with Gasteiger partial charge in [-0.15, -0.1) is 11.3 Å². The Kier molecular flexibility index (Phi) is 11.7. The summed E-state index contributed by atoms with van der Waals surface area (Å²) >= 11 is 1.48. The van der Waals surface area contributed by atoms with Gasteiger partial charge in [-0.05, 0) is 64.2 Å². The van der Waals surface area contributed by atoms with Crippen LogP contribution in [0.4, 0.5) is 25.2 Å². The number of carbonyl (C=O) groups is 4. The Bertz CT molecular complexity index is 1490. The van der Waals surface area contributed by atoms with Crippen molar-refractivity contribution in [2.75, 3.05) is 49.9 Å². The lowest BCUT2D eigenvalue weighted by Crippen LogP contribution is -2.76. The zero-order valence-corrected chi connectivity index (χ0v) is 30.6. The van der Waals surface area contributed by atoms with Crippen molar-refractivity contribution in [3.8, 4) is 0 Å². The van der Waals surface area contributed by atoms with Crippen LogP contribution in [0.3, 0.4) is 0 Å². The van der Waals surface area contributed by atoms with Crippen LogP contribution >= 0.6 is 11.3 Å². The number of rotatable bonds is 10. The molecule has 2 aromatic rings. The average Bonchev–Trinajstić information content (AvgIpc) is 3.65. The number of urea groups is 1. The summed E-state index contributed by atoms with van der Waals surface area (Å²) in [5.74, 6) is -1.88. The lowest BCUT2D eigenvalue weighted by atomic mass is 9.82. The highest BCUT2D eigenvalue weighted by Gasteiger charge is 2.54. The summed E-state index contributed by atoms with van der Waals surface area (Å²) in [4.78, 5) is 62.5. The summed E-state index contributed by atoms with van der Waals surface area (Å²) in [7, 11) is 0. The van der Waals surface area contributed by atoms with Crippen LogP contribution in [0.1, 0.15) is 77.4 Å². The SMILES string of the molecule is CC(=O)Nc1nc(CCc2ccc(NC(NC(=O)O)(N(C(=O)O)C(C)(C)C)C(C)(C)C)cc2)c(CN2CCN(C(=O)N3CCCC3)CC2)s1. The van der Waals surface area contributed by atoms with E-state index < -0.39 is 28.9 Å². The van der Waals surface area contributed by atoms with E-state index in [0.717, 1.165) is 60.1 Å². The number of nitrogens with one attached hydrogen (secondary N) is 3. The Morgan fingerprint density at radius 1 is 0.878 bits per heavy atom. The highest BCUT2D eigenvalue weighted by Crippen LogP contribution is 2.39. The van der Waals surface area contributed by atoms with Crippen molar-refractivity contribution in [2.24, 2.45) is 5.41 Å². The van der Waals surface area contributed by atoms with Crippen LogP contribution in [-0.2, 0) is 24.2 Å². The van der Waals surface area contributed by atoms with Gasteiger partial charge in [-0.2, -0.15) is 0 Å². The van der Waals surface area contributed by atoms with E-state index in [2.05, 4.69) is 20.9 Å². The molecule has 270 valence electrons. The number of carboxylic acid groups (broad SMARTS) is 2. The fourth-order valence-electron chi connectivity index (χ4n) is 6.48. The van der Waals surface area contributed by atoms with E-state index >= 15 is 0 Å². The molecular weight excluding hydrogens is 648 g/mol. The summed E-state index contributed by atoms with van der Waals surface area (Å²) in [6.45, 7) is 17.2. The van der Waals surface area contributed by atoms with Crippen molar-refractivity contribution in [3.05, 3.63) is 40.4 Å². The topological polar surface area (TPSA) is 171 Å². The third kappa shape index (κ3) is 9.32. The fourth-order valence-corrected chi connectivity index (χ4v) is 7.58. The van der Waals surface area contributed by atoms with E-state index in [1.54, 1.807) is 41.5 Å². The molecule has 0 saturated carbocycles. The fraction of sp³-hybridized carbons (Fsp3) is 0.618. The molecule has 1 aromatic carbocycles. The minimum absolute atomic E-state index is 0.139. The standard InChI is InChI=1S/C34H52N8O6S/c1-23(43)35-28-36-26(27(49-28)22-39-18-20-41(21-19-39)30(46)40-16-8-9-17-40)15-12-24-10-13-25(14-11-24)37-34(32(2,3)4,38-29(44)45)42(31(47)48)33(5,6)7/h10-11,13-14,37-38H,8-9,12,15-22H2,1-7H3,(H,44,45)(H,47,48)(H,35,36,43). The Balaban J connectivity index is 1.47. The Labute approximate surface area is 292 Å². The first-order valence-corrected chi connectivity index (χ1v) is 17.6. The smallest absolute Gasteiger partial charge is 0.411 e. The average molecular weight is 701 g/mol. The Morgan fingerprint density at radius 2 is 1.47 bits per heavy atom. The number of piperazine rings is 1. The summed E-state index contributed by atoms with van der Waals surface area (Å²) in [5, 5.41) is 29.2. The third-order valence-electron chi connectivity index (χ3n) is 8.95. The van der Waals surface area contributed by atoms with Gasteiger partial charge in [-0.1, -0.05) is 32.9 Å². The maximum Gasteiger partial charge on any atom is 0.411 e. The molecule has 1 atom stereocenters. The van der Waals surface area contributed by atoms with Crippen molar-refractivity contribution in [3.63, 3.8) is 0 Å². The van der Waals surface area contributed by atoms with Gasteiger partial charge in [-0.25, -0.2) is 19.4 Å². The highest BCUT2D eigenvalue weighted by atomic mass is 32.1. The van der Waals surface area contributed by atoms with Gasteiger partial charge in [0.2, 0.25) is 11.7 Å². The van der Waals surface area contributed by atoms with Gasteiger partial charge in [0, 0.05) is 74.3 Å². The molecule has 2 aliphatic heterocycles. The number of nitrogens with zero attached hydrogens (tertiary/aromatic N) is 5. The van der Waals surface area contributed by atoms with Gasteiger partial charge in [0.1, 0.15) is 0 Å². The number of aromatic nitrogens is 1. The first-order chi connectivity index (χ1) is 22.9. The van der Waals surface area contributed by atoms with E-state index in [9.17, 15) is 29.4 Å². The van der Waals surface area contributed by atoms with E-state index in [-0.39, 0.29) is 11.9 Å². The summed E-state index contributed by atoms with van der Waals surface area (Å²) in [6, 6.07) is 7.62. The molecule has 0 radical (unpaired) electrons. The Hall–Kier alpha value is -4.11. The molecule has 49 heavy (non-hydrogen) atoms. The predicted octanol–water partition coefficient (Wildman–Crippen LogP) is 5.38. The van der Waals surface area contributed by atoms with Crippen molar-refractivity contribution in [1.29, 1.82) is 0 Å². The molecule has 15 heteroatoms. The van der Waals surface area contributed by atoms with Gasteiger partial charge in [0.25, 0.3) is 0 Å². The molecule has 4 rings (SSSR count). The largest absolute Gasteiger partial charge is 0.465 e. The van der Waals surface area contributed by atoms with Crippen LogP contribution in [-0.4, -0.2) is 110 Å². The number of likely N-dealkylation sites (tertiary alicyclic amines) is 1. The van der Waals surface area contributed by atoms with Crippen molar-refractivity contribution >= 4 is 46.3 Å². The number of aryl methyl sites for hydroxylation is 2. The number of anilines is 2. The predicted molar refractivity (Wildman–Crippen MR) is 190 cm³/mol. The van der Waals surface area contributed by atoms with Crippen LogP contribution in [0, 0.1) is 5.41 Å². The monoisotopic (exact) mass is 700 g/mol. The molecule has 2 saturated heterocycles. The van der Waals surface area contributed by atoms with E-state index in [1.807, 2.05) is 34.1 Å². The van der Waals surface area contributed by atoms with E-state index in [4.69, 9.17) is 4.98 Å². The minimum atomic E-state index is -1.70. The second-order valence-corrected chi connectivity index (χ2v) is 15.9. The van der Waals surface area contributed by atoms with Crippen molar-refractivity contribution in [1.82, 2.24) is 29.9 Å². The Morgan fingerprint density at radius 3 is 1.98 bits per heavy atom. The zero-order valence-electron chi connectivity index (χ0n) is 29.8. The molecule has 0 spiro atoms. The summed E-state index contributed by atoms with van der Waals surface area (Å²) in [5.41, 5.74) is 0.615. The molecule has 2 fully saturated rings.